The molecule has 0 aliphatic carbocycles. The summed E-state index contributed by atoms with van der Waals surface area (Å²) >= 11 is 0. The second-order valence-corrected chi connectivity index (χ2v) is 5.67. The molecule has 0 unspecified atom stereocenters. The summed E-state index contributed by atoms with van der Waals surface area (Å²) < 4.78 is 26.1. The van der Waals surface area contributed by atoms with Crippen LogP contribution in [0.2, 0.25) is 0 Å². The molecule has 2 aromatic carbocycles. The molecule has 0 saturated heterocycles. The first kappa shape index (κ1) is 17.5. The van der Waals surface area contributed by atoms with Crippen molar-refractivity contribution in [2.24, 2.45) is 5.73 Å². The number of anilines is 1. The summed E-state index contributed by atoms with van der Waals surface area (Å²) in [5, 5.41) is 11.3. The van der Waals surface area contributed by atoms with Crippen LogP contribution in [0.4, 0.5) is 14.6 Å². The Hall–Kier alpha value is -3.35. The summed E-state index contributed by atoms with van der Waals surface area (Å²) in [7, 11) is 0. The molecule has 0 aliphatic rings. The van der Waals surface area contributed by atoms with Crippen molar-refractivity contribution in [3.05, 3.63) is 77.4 Å². The van der Waals surface area contributed by atoms with Crippen LogP contribution in [0.25, 0.3) is 11.3 Å². The first-order valence-electron chi connectivity index (χ1n) is 7.95. The Morgan fingerprint density at radius 3 is 2.54 bits per heavy atom. The Balaban J connectivity index is 1.61. The lowest BCUT2D eigenvalue weighted by Gasteiger charge is -2.07. The second kappa shape index (κ2) is 7.69. The number of nitrogens with zero attached hydrogens (tertiary/aromatic N) is 2. The largest absolute Gasteiger partial charge is 0.368 e. The average Bonchev–Trinajstić information content (AvgIpc) is 2.65. The number of nitrogens with one attached hydrogen (secondary N) is 1. The lowest BCUT2D eigenvalue weighted by molar-refractivity contribution is 0.100. The van der Waals surface area contributed by atoms with Crippen molar-refractivity contribution < 1.29 is 13.6 Å². The van der Waals surface area contributed by atoms with Crippen LogP contribution in [0, 0.1) is 11.6 Å². The molecule has 0 atom stereocenters. The summed E-state index contributed by atoms with van der Waals surface area (Å²) in [6.45, 7) is 0.496. The van der Waals surface area contributed by atoms with E-state index in [1.165, 1.54) is 6.07 Å². The van der Waals surface area contributed by atoms with Crippen LogP contribution in [-0.2, 0) is 6.42 Å². The van der Waals surface area contributed by atoms with Crippen molar-refractivity contribution >= 4 is 11.7 Å². The van der Waals surface area contributed by atoms with Crippen molar-refractivity contribution in [3.8, 4) is 11.3 Å². The Morgan fingerprint density at radius 2 is 1.85 bits per heavy atom. The number of amides is 1. The first-order valence-corrected chi connectivity index (χ1v) is 7.95. The molecular weight excluding hydrogens is 338 g/mol. The van der Waals surface area contributed by atoms with E-state index in [1.807, 2.05) is 6.07 Å². The topological polar surface area (TPSA) is 80.9 Å². The van der Waals surface area contributed by atoms with Gasteiger partial charge in [0.05, 0.1) is 5.69 Å². The molecule has 0 bridgehead atoms. The number of primary amides is 1. The average molecular weight is 354 g/mol. The fourth-order valence-corrected chi connectivity index (χ4v) is 2.44. The zero-order valence-electron chi connectivity index (χ0n) is 13.7. The first-order chi connectivity index (χ1) is 12.5. The molecule has 1 aromatic heterocycles. The Morgan fingerprint density at radius 1 is 1.00 bits per heavy atom. The van der Waals surface area contributed by atoms with Gasteiger partial charge in [-0.1, -0.05) is 18.2 Å². The fraction of sp³-hybridized carbons (Fsp3) is 0.105. The van der Waals surface area contributed by atoms with Crippen molar-refractivity contribution in [1.29, 1.82) is 0 Å². The van der Waals surface area contributed by atoms with E-state index in [4.69, 9.17) is 5.73 Å². The predicted octanol–water partition coefficient (Wildman–Crippen LogP) is 3.18. The molecule has 0 radical (unpaired) electrons. The predicted molar refractivity (Wildman–Crippen MR) is 94.5 cm³/mol. The van der Waals surface area contributed by atoms with Crippen LogP contribution in [-0.4, -0.2) is 22.6 Å². The molecule has 26 heavy (non-hydrogen) atoms. The number of carbonyl (C=O) groups is 1. The van der Waals surface area contributed by atoms with Gasteiger partial charge in [0.2, 0.25) is 5.91 Å². The molecule has 132 valence electrons. The number of rotatable bonds is 6. The summed E-state index contributed by atoms with van der Waals surface area (Å²) in [5.41, 5.74) is 7.71. The lowest BCUT2D eigenvalue weighted by Crippen LogP contribution is -2.10. The van der Waals surface area contributed by atoms with Crippen molar-refractivity contribution in [3.63, 3.8) is 0 Å². The molecule has 0 saturated carbocycles. The molecule has 0 spiro atoms. The standard InChI is InChI=1S/C19H16F2N4O/c20-15-5-4-12(10-16(15)21)8-9-23-18-7-6-17(24-25-18)13-2-1-3-14(11-13)19(22)26/h1-7,10-11H,8-9H2,(H2,22,26)(H,23,25). The molecular formula is C19H16F2N4O. The molecule has 3 aromatic rings. The molecule has 0 fully saturated rings. The minimum Gasteiger partial charge on any atom is -0.368 e. The van der Waals surface area contributed by atoms with E-state index < -0.39 is 17.5 Å². The zero-order valence-corrected chi connectivity index (χ0v) is 13.7. The number of carbonyl (C=O) groups excluding carboxylic acids is 1. The van der Waals surface area contributed by atoms with Crippen molar-refractivity contribution in [2.45, 2.75) is 6.42 Å². The molecule has 3 N–H and O–H groups in total. The molecule has 5 nitrogen and oxygen atoms in total. The van der Waals surface area contributed by atoms with E-state index >= 15 is 0 Å². The molecule has 3 rings (SSSR count). The molecule has 1 amide bonds. The van der Waals surface area contributed by atoms with Crippen LogP contribution in [0.1, 0.15) is 15.9 Å². The molecule has 0 aliphatic heterocycles. The Kier molecular flexibility index (Phi) is 5.17. The highest BCUT2D eigenvalue weighted by molar-refractivity contribution is 5.93. The minimum atomic E-state index is -0.858. The van der Waals surface area contributed by atoms with Gasteiger partial charge in [0, 0.05) is 17.7 Å². The Labute approximate surface area is 148 Å². The van der Waals surface area contributed by atoms with E-state index in [0.29, 0.717) is 35.6 Å². The van der Waals surface area contributed by atoms with Gasteiger partial charge in [0.15, 0.2) is 11.6 Å². The van der Waals surface area contributed by atoms with E-state index in [9.17, 15) is 13.6 Å². The van der Waals surface area contributed by atoms with Gasteiger partial charge in [0.1, 0.15) is 5.82 Å². The number of benzene rings is 2. The summed E-state index contributed by atoms with van der Waals surface area (Å²) in [6, 6.07) is 14.2. The number of nitrogens with two attached hydrogens (primary N) is 1. The van der Waals surface area contributed by atoms with Crippen LogP contribution in [0.5, 0.6) is 0 Å². The third-order valence-electron chi connectivity index (χ3n) is 3.81. The maximum absolute atomic E-state index is 13.2. The highest BCUT2D eigenvalue weighted by atomic mass is 19.2. The maximum Gasteiger partial charge on any atom is 0.248 e. The number of hydrogen-bond donors (Lipinski definition) is 2. The molecule has 1 heterocycles. The van der Waals surface area contributed by atoms with E-state index in [-0.39, 0.29) is 0 Å². The number of aromatic nitrogens is 2. The number of hydrogen-bond acceptors (Lipinski definition) is 4. The SMILES string of the molecule is NC(=O)c1cccc(-c2ccc(NCCc3ccc(F)c(F)c3)nn2)c1. The maximum atomic E-state index is 13.2. The summed E-state index contributed by atoms with van der Waals surface area (Å²) in [6.07, 6.45) is 0.515. The quantitative estimate of drug-likeness (QED) is 0.712. The highest BCUT2D eigenvalue weighted by Gasteiger charge is 2.06. The van der Waals surface area contributed by atoms with Crippen LogP contribution < -0.4 is 11.1 Å². The lowest BCUT2D eigenvalue weighted by atomic mass is 10.1. The fourth-order valence-electron chi connectivity index (χ4n) is 2.44. The summed E-state index contributed by atoms with van der Waals surface area (Å²) in [5.74, 6) is -1.66. The van der Waals surface area contributed by atoms with Crippen molar-refractivity contribution in [2.75, 3.05) is 11.9 Å². The van der Waals surface area contributed by atoms with Gasteiger partial charge >= 0.3 is 0 Å². The number of halogens is 2. The van der Waals surface area contributed by atoms with Crippen LogP contribution >= 0.6 is 0 Å². The summed E-state index contributed by atoms with van der Waals surface area (Å²) in [4.78, 5) is 11.2. The van der Waals surface area contributed by atoms with Gasteiger partial charge in [-0.25, -0.2) is 8.78 Å². The monoisotopic (exact) mass is 354 g/mol. The van der Waals surface area contributed by atoms with Gasteiger partial charge in [0.25, 0.3) is 0 Å². The van der Waals surface area contributed by atoms with E-state index in [1.54, 1.807) is 36.4 Å². The van der Waals surface area contributed by atoms with Crippen LogP contribution in [0.3, 0.4) is 0 Å². The normalized spacial score (nSPS) is 10.5. The Bertz CT molecular complexity index is 929. The van der Waals surface area contributed by atoms with Crippen LogP contribution in [0.15, 0.2) is 54.6 Å². The third-order valence-corrected chi connectivity index (χ3v) is 3.81. The third kappa shape index (κ3) is 4.18. The molecule has 7 heteroatoms. The van der Waals surface area contributed by atoms with Gasteiger partial charge in [-0.15, -0.1) is 10.2 Å². The van der Waals surface area contributed by atoms with Gasteiger partial charge in [-0.3, -0.25) is 4.79 Å². The van der Waals surface area contributed by atoms with Gasteiger partial charge in [-0.2, -0.15) is 0 Å². The zero-order chi connectivity index (χ0) is 18.5. The minimum absolute atomic E-state index is 0.401. The smallest absolute Gasteiger partial charge is 0.248 e. The van der Waals surface area contributed by atoms with Gasteiger partial charge in [-0.05, 0) is 48.4 Å². The van der Waals surface area contributed by atoms with E-state index in [0.717, 1.165) is 11.6 Å². The highest BCUT2D eigenvalue weighted by Crippen LogP contribution is 2.18. The van der Waals surface area contributed by atoms with E-state index in [2.05, 4.69) is 15.5 Å². The van der Waals surface area contributed by atoms with Crippen molar-refractivity contribution in [1.82, 2.24) is 10.2 Å². The second-order valence-electron chi connectivity index (χ2n) is 5.67. The van der Waals surface area contributed by atoms with Gasteiger partial charge < -0.3 is 11.1 Å².